The molecule has 0 spiro atoms. The molecule has 1 aromatic carbocycles. The van der Waals surface area contributed by atoms with Crippen LogP contribution in [0.3, 0.4) is 0 Å². The first-order valence-electron chi connectivity index (χ1n) is 5.31. The third-order valence-corrected chi connectivity index (χ3v) is 2.59. The van der Waals surface area contributed by atoms with Crippen LogP contribution in [0.25, 0.3) is 0 Å². The highest BCUT2D eigenvalue weighted by atomic mass is 35.5. The van der Waals surface area contributed by atoms with E-state index in [1.165, 1.54) is 4.80 Å². The SMILES string of the molecule is CN=C(Nc1cc(Cl)cc(Cl)c1)n1nnc(CN)n1. The van der Waals surface area contributed by atoms with E-state index in [1.54, 1.807) is 25.2 Å². The number of benzene rings is 1. The Labute approximate surface area is 119 Å². The van der Waals surface area contributed by atoms with E-state index in [0.29, 0.717) is 27.5 Å². The number of tetrazole rings is 1. The summed E-state index contributed by atoms with van der Waals surface area (Å²) in [5, 5.41) is 15.7. The average Bonchev–Trinajstić information content (AvgIpc) is 2.83. The van der Waals surface area contributed by atoms with Crippen LogP contribution in [0, 0.1) is 0 Å². The zero-order chi connectivity index (χ0) is 13.8. The van der Waals surface area contributed by atoms with Crippen LogP contribution in [-0.4, -0.2) is 33.2 Å². The highest BCUT2D eigenvalue weighted by molar-refractivity contribution is 6.35. The lowest BCUT2D eigenvalue weighted by Gasteiger charge is -2.08. The maximum absolute atomic E-state index is 5.92. The monoisotopic (exact) mass is 299 g/mol. The zero-order valence-corrected chi connectivity index (χ0v) is 11.5. The Morgan fingerprint density at radius 3 is 2.58 bits per heavy atom. The summed E-state index contributed by atoms with van der Waals surface area (Å²) >= 11 is 11.8. The minimum absolute atomic E-state index is 0.208. The molecule has 100 valence electrons. The summed E-state index contributed by atoms with van der Waals surface area (Å²) in [6.45, 7) is 0.208. The van der Waals surface area contributed by atoms with Gasteiger partial charge in [0.15, 0.2) is 5.82 Å². The average molecular weight is 300 g/mol. The van der Waals surface area contributed by atoms with Gasteiger partial charge in [-0.05, 0) is 23.4 Å². The standard InChI is InChI=1S/C10H11Cl2N7/c1-14-10(19-17-9(5-13)16-18-19)15-8-3-6(11)2-7(12)4-8/h2-4H,5,13H2,1H3,(H,14,15). The molecule has 1 aromatic heterocycles. The molecule has 7 nitrogen and oxygen atoms in total. The normalized spacial score (nSPS) is 11.7. The van der Waals surface area contributed by atoms with Crippen molar-refractivity contribution in [3.63, 3.8) is 0 Å². The Bertz CT molecular complexity index is 587. The van der Waals surface area contributed by atoms with Crippen LogP contribution in [0.2, 0.25) is 10.0 Å². The minimum atomic E-state index is 0.208. The van der Waals surface area contributed by atoms with Crippen LogP contribution >= 0.6 is 23.2 Å². The predicted molar refractivity (Wildman–Crippen MR) is 74.6 cm³/mol. The van der Waals surface area contributed by atoms with Crippen LogP contribution in [-0.2, 0) is 6.54 Å². The number of anilines is 1. The number of hydrogen-bond acceptors (Lipinski definition) is 5. The molecule has 0 aliphatic carbocycles. The summed E-state index contributed by atoms with van der Waals surface area (Å²) in [5.41, 5.74) is 6.09. The third-order valence-electron chi connectivity index (χ3n) is 2.16. The maximum Gasteiger partial charge on any atom is 0.243 e. The summed E-state index contributed by atoms with van der Waals surface area (Å²) in [5.74, 6) is 0.803. The number of halogens is 2. The number of aliphatic imine (C=N–C) groups is 1. The van der Waals surface area contributed by atoms with Crippen molar-refractivity contribution in [3.05, 3.63) is 34.1 Å². The number of nitrogens with two attached hydrogens (primary N) is 1. The molecule has 2 aromatic rings. The number of rotatable bonds is 2. The molecule has 0 radical (unpaired) electrons. The van der Waals surface area contributed by atoms with Crippen LogP contribution < -0.4 is 11.1 Å². The summed E-state index contributed by atoms with van der Waals surface area (Å²) in [6, 6.07) is 5.05. The van der Waals surface area contributed by atoms with Crippen molar-refractivity contribution in [1.82, 2.24) is 20.2 Å². The summed E-state index contributed by atoms with van der Waals surface area (Å²) in [6.07, 6.45) is 0. The van der Waals surface area contributed by atoms with Gasteiger partial charge in [0.05, 0.1) is 6.54 Å². The van der Waals surface area contributed by atoms with E-state index in [9.17, 15) is 0 Å². The van der Waals surface area contributed by atoms with Gasteiger partial charge in [0.1, 0.15) is 0 Å². The number of nitrogens with one attached hydrogen (secondary N) is 1. The van der Waals surface area contributed by atoms with Gasteiger partial charge in [-0.2, -0.15) is 0 Å². The van der Waals surface area contributed by atoms with Crippen molar-refractivity contribution in [2.75, 3.05) is 12.4 Å². The minimum Gasteiger partial charge on any atom is -0.324 e. The first kappa shape index (κ1) is 13.7. The highest BCUT2D eigenvalue weighted by Gasteiger charge is 2.08. The highest BCUT2D eigenvalue weighted by Crippen LogP contribution is 2.22. The van der Waals surface area contributed by atoms with E-state index in [-0.39, 0.29) is 6.54 Å². The molecule has 0 aliphatic rings. The van der Waals surface area contributed by atoms with Gasteiger partial charge in [0.2, 0.25) is 5.96 Å². The molecular weight excluding hydrogens is 289 g/mol. The van der Waals surface area contributed by atoms with Crippen molar-refractivity contribution >= 4 is 34.8 Å². The van der Waals surface area contributed by atoms with Crippen LogP contribution in [0.15, 0.2) is 23.2 Å². The zero-order valence-electron chi connectivity index (χ0n) is 10.0. The molecule has 0 fully saturated rings. The van der Waals surface area contributed by atoms with Gasteiger partial charge in [0.25, 0.3) is 0 Å². The van der Waals surface area contributed by atoms with Crippen molar-refractivity contribution in [2.45, 2.75) is 6.54 Å². The Morgan fingerprint density at radius 1 is 1.37 bits per heavy atom. The van der Waals surface area contributed by atoms with Gasteiger partial charge in [-0.25, -0.2) is 0 Å². The van der Waals surface area contributed by atoms with Crippen LogP contribution in [0.1, 0.15) is 5.82 Å². The van der Waals surface area contributed by atoms with E-state index in [4.69, 9.17) is 28.9 Å². The van der Waals surface area contributed by atoms with E-state index >= 15 is 0 Å². The van der Waals surface area contributed by atoms with Crippen molar-refractivity contribution < 1.29 is 0 Å². The van der Waals surface area contributed by atoms with E-state index < -0.39 is 0 Å². The summed E-state index contributed by atoms with van der Waals surface area (Å²) in [4.78, 5) is 5.28. The number of hydrogen-bond donors (Lipinski definition) is 2. The topological polar surface area (TPSA) is 94.0 Å². The summed E-state index contributed by atoms with van der Waals surface area (Å²) < 4.78 is 0. The lowest BCUT2D eigenvalue weighted by Crippen LogP contribution is -2.24. The molecule has 2 rings (SSSR count). The predicted octanol–water partition coefficient (Wildman–Crippen LogP) is 1.38. The molecule has 0 aliphatic heterocycles. The molecule has 0 amide bonds. The quantitative estimate of drug-likeness (QED) is 0.645. The second-order valence-electron chi connectivity index (χ2n) is 3.53. The molecule has 1 heterocycles. The summed E-state index contributed by atoms with van der Waals surface area (Å²) in [7, 11) is 1.60. The van der Waals surface area contributed by atoms with Crippen molar-refractivity contribution in [1.29, 1.82) is 0 Å². The fourth-order valence-corrected chi connectivity index (χ4v) is 1.89. The Hall–Kier alpha value is -1.70. The van der Waals surface area contributed by atoms with E-state index in [1.807, 2.05) is 0 Å². The van der Waals surface area contributed by atoms with Crippen molar-refractivity contribution in [2.24, 2.45) is 10.7 Å². The first-order valence-corrected chi connectivity index (χ1v) is 6.07. The third kappa shape index (κ3) is 3.40. The van der Waals surface area contributed by atoms with Gasteiger partial charge in [0, 0.05) is 22.8 Å². The fraction of sp³-hybridized carbons (Fsp3) is 0.200. The molecule has 0 bridgehead atoms. The van der Waals surface area contributed by atoms with E-state index in [2.05, 4.69) is 25.7 Å². The maximum atomic E-state index is 5.92. The van der Waals surface area contributed by atoms with Crippen molar-refractivity contribution in [3.8, 4) is 0 Å². The van der Waals surface area contributed by atoms with E-state index in [0.717, 1.165) is 0 Å². The molecule has 19 heavy (non-hydrogen) atoms. The molecule has 9 heteroatoms. The van der Waals surface area contributed by atoms with Crippen LogP contribution in [0.5, 0.6) is 0 Å². The molecule has 0 saturated heterocycles. The van der Waals surface area contributed by atoms with Gasteiger partial charge in [-0.1, -0.05) is 28.0 Å². The molecule has 0 saturated carbocycles. The Morgan fingerprint density at radius 2 is 2.05 bits per heavy atom. The second kappa shape index (κ2) is 5.96. The number of aromatic nitrogens is 4. The van der Waals surface area contributed by atoms with Gasteiger partial charge < -0.3 is 11.1 Å². The largest absolute Gasteiger partial charge is 0.324 e. The lowest BCUT2D eigenvalue weighted by molar-refractivity contribution is 0.755. The lowest BCUT2D eigenvalue weighted by atomic mass is 10.3. The second-order valence-corrected chi connectivity index (χ2v) is 4.40. The van der Waals surface area contributed by atoms with Crippen LogP contribution in [0.4, 0.5) is 5.69 Å². The first-order chi connectivity index (χ1) is 9.12. The molecule has 3 N–H and O–H groups in total. The Balaban J connectivity index is 2.24. The molecule has 0 unspecified atom stereocenters. The fourth-order valence-electron chi connectivity index (χ4n) is 1.37. The van der Waals surface area contributed by atoms with Gasteiger partial charge in [-0.15, -0.1) is 10.2 Å². The Kier molecular flexibility index (Phi) is 4.31. The van der Waals surface area contributed by atoms with Gasteiger partial charge >= 0.3 is 0 Å². The molecular formula is C10H11Cl2N7. The smallest absolute Gasteiger partial charge is 0.243 e. The number of nitrogens with zero attached hydrogens (tertiary/aromatic N) is 5. The molecule has 0 atom stereocenters. The van der Waals surface area contributed by atoms with Gasteiger partial charge in [-0.3, -0.25) is 4.99 Å².